The number of ether oxygens (including phenoxy) is 1. The molecule has 0 aliphatic carbocycles. The van der Waals surface area contributed by atoms with E-state index in [9.17, 15) is 0 Å². The predicted molar refractivity (Wildman–Crippen MR) is 113 cm³/mol. The molecule has 0 amide bonds. The molecular weight excluding hydrogens is 406 g/mol. The predicted octanol–water partition coefficient (Wildman–Crippen LogP) is 3.98. The Balaban J connectivity index is 1.68. The number of nitrogens with one attached hydrogen (secondary N) is 1. The number of morpholine rings is 1. The van der Waals surface area contributed by atoms with Crippen LogP contribution in [0.1, 0.15) is 11.1 Å². The smallest absolute Gasteiger partial charge is 0.228 e. The van der Waals surface area contributed by atoms with E-state index in [4.69, 9.17) is 14.7 Å². The first-order chi connectivity index (χ1) is 13.2. The molecular formula is C20H20BrN5O. The van der Waals surface area contributed by atoms with Crippen LogP contribution in [0.25, 0.3) is 10.9 Å². The van der Waals surface area contributed by atoms with Gasteiger partial charge in [0.15, 0.2) is 5.82 Å². The molecule has 1 fully saturated rings. The number of hydrazone groups is 1. The van der Waals surface area contributed by atoms with E-state index in [1.165, 1.54) is 5.56 Å². The zero-order chi connectivity index (χ0) is 18.6. The number of fused-ring (bicyclic) bond motifs is 1. The lowest BCUT2D eigenvalue weighted by atomic mass is 10.2. The third-order valence-electron chi connectivity index (χ3n) is 4.39. The molecule has 2 heterocycles. The first-order valence-corrected chi connectivity index (χ1v) is 9.65. The highest BCUT2D eigenvalue weighted by molar-refractivity contribution is 9.10. The van der Waals surface area contributed by atoms with Crippen LogP contribution in [0.5, 0.6) is 0 Å². The Kier molecular flexibility index (Phi) is 5.31. The van der Waals surface area contributed by atoms with Gasteiger partial charge >= 0.3 is 0 Å². The van der Waals surface area contributed by atoms with Crippen molar-refractivity contribution in [1.29, 1.82) is 0 Å². The molecule has 0 spiro atoms. The molecule has 0 unspecified atom stereocenters. The Morgan fingerprint density at radius 1 is 1.15 bits per heavy atom. The Morgan fingerprint density at radius 3 is 2.78 bits per heavy atom. The van der Waals surface area contributed by atoms with Crippen LogP contribution in [0.3, 0.4) is 0 Å². The van der Waals surface area contributed by atoms with Gasteiger partial charge < -0.3 is 9.64 Å². The van der Waals surface area contributed by atoms with Gasteiger partial charge in [0.05, 0.1) is 24.9 Å². The summed E-state index contributed by atoms with van der Waals surface area (Å²) in [4.78, 5) is 11.6. The number of para-hydroxylation sites is 1. The van der Waals surface area contributed by atoms with Gasteiger partial charge in [-0.1, -0.05) is 35.9 Å². The van der Waals surface area contributed by atoms with Gasteiger partial charge in [-0.2, -0.15) is 10.1 Å². The van der Waals surface area contributed by atoms with Crippen LogP contribution < -0.4 is 10.3 Å². The first kappa shape index (κ1) is 17.9. The van der Waals surface area contributed by atoms with E-state index in [-0.39, 0.29) is 0 Å². The number of rotatable bonds is 4. The van der Waals surface area contributed by atoms with Crippen LogP contribution in [0.2, 0.25) is 0 Å². The Morgan fingerprint density at radius 2 is 1.96 bits per heavy atom. The summed E-state index contributed by atoms with van der Waals surface area (Å²) in [5.41, 5.74) is 6.20. The Hall–Kier alpha value is -2.51. The second-order valence-electron chi connectivity index (χ2n) is 6.39. The molecule has 6 nitrogen and oxygen atoms in total. The zero-order valence-corrected chi connectivity index (χ0v) is 16.6. The molecule has 2 aromatic carbocycles. The standard InChI is InChI=1S/C20H20BrN5O/c1-14-4-2-5-15(12-14)13-22-25-19-16-6-3-7-17(21)18(16)23-20(24-19)26-8-10-27-11-9-26/h2-7,12-13H,8-11H2,1H3,(H,23,24,25). The van der Waals surface area contributed by atoms with Crippen LogP contribution >= 0.6 is 15.9 Å². The van der Waals surface area contributed by atoms with Crippen molar-refractivity contribution in [2.24, 2.45) is 5.10 Å². The van der Waals surface area contributed by atoms with E-state index in [0.29, 0.717) is 25.0 Å². The molecule has 3 aromatic rings. The molecule has 0 radical (unpaired) electrons. The van der Waals surface area contributed by atoms with Crippen molar-refractivity contribution in [3.63, 3.8) is 0 Å². The van der Waals surface area contributed by atoms with E-state index in [0.717, 1.165) is 34.0 Å². The van der Waals surface area contributed by atoms with Gasteiger partial charge in [0.25, 0.3) is 0 Å². The van der Waals surface area contributed by atoms with Gasteiger partial charge in [-0.25, -0.2) is 4.98 Å². The summed E-state index contributed by atoms with van der Waals surface area (Å²) in [6.45, 7) is 5.00. The Labute approximate surface area is 166 Å². The molecule has 0 bridgehead atoms. The minimum Gasteiger partial charge on any atom is -0.378 e. The largest absolute Gasteiger partial charge is 0.378 e. The molecule has 1 aromatic heterocycles. The summed E-state index contributed by atoms with van der Waals surface area (Å²) in [6.07, 6.45) is 1.80. The van der Waals surface area contributed by atoms with Crippen molar-refractivity contribution in [3.05, 3.63) is 58.1 Å². The SMILES string of the molecule is Cc1cccc(C=NNc2nc(N3CCOCC3)nc3c(Br)cccc23)c1. The second-order valence-corrected chi connectivity index (χ2v) is 7.25. The normalized spacial score (nSPS) is 14.8. The number of hydrogen-bond acceptors (Lipinski definition) is 6. The summed E-state index contributed by atoms with van der Waals surface area (Å²) in [5, 5.41) is 5.31. The van der Waals surface area contributed by atoms with Crippen LogP contribution in [0.15, 0.2) is 52.0 Å². The molecule has 1 N–H and O–H groups in total. The van der Waals surface area contributed by atoms with Gasteiger partial charge in [-0.05, 0) is 40.5 Å². The number of nitrogens with zero attached hydrogens (tertiary/aromatic N) is 4. The highest BCUT2D eigenvalue weighted by Gasteiger charge is 2.17. The topological polar surface area (TPSA) is 62.6 Å². The van der Waals surface area contributed by atoms with Crippen LogP contribution in [-0.4, -0.2) is 42.5 Å². The van der Waals surface area contributed by atoms with E-state index in [1.807, 2.05) is 30.3 Å². The summed E-state index contributed by atoms with van der Waals surface area (Å²) in [5.74, 6) is 1.37. The van der Waals surface area contributed by atoms with Gasteiger partial charge in [-0.3, -0.25) is 5.43 Å². The van der Waals surface area contributed by atoms with Crippen molar-refractivity contribution >= 4 is 44.8 Å². The van der Waals surface area contributed by atoms with Gasteiger partial charge in [-0.15, -0.1) is 0 Å². The average Bonchev–Trinajstić information content (AvgIpc) is 2.69. The molecule has 27 heavy (non-hydrogen) atoms. The number of halogens is 1. The van der Waals surface area contributed by atoms with Crippen molar-refractivity contribution in [2.45, 2.75) is 6.92 Å². The molecule has 138 valence electrons. The van der Waals surface area contributed by atoms with Crippen molar-refractivity contribution in [2.75, 3.05) is 36.6 Å². The molecule has 4 rings (SSSR count). The fourth-order valence-electron chi connectivity index (χ4n) is 3.01. The minimum absolute atomic E-state index is 0.686. The molecule has 0 saturated carbocycles. The summed E-state index contributed by atoms with van der Waals surface area (Å²) in [6, 6.07) is 14.1. The fourth-order valence-corrected chi connectivity index (χ4v) is 3.47. The number of anilines is 2. The van der Waals surface area contributed by atoms with E-state index in [2.05, 4.69) is 50.4 Å². The minimum atomic E-state index is 0.686. The van der Waals surface area contributed by atoms with E-state index < -0.39 is 0 Å². The summed E-state index contributed by atoms with van der Waals surface area (Å²) < 4.78 is 6.37. The average molecular weight is 426 g/mol. The lowest BCUT2D eigenvalue weighted by Gasteiger charge is -2.27. The molecule has 0 atom stereocenters. The Bertz CT molecular complexity index is 985. The maximum absolute atomic E-state index is 5.44. The van der Waals surface area contributed by atoms with Crippen LogP contribution in [-0.2, 0) is 4.74 Å². The zero-order valence-electron chi connectivity index (χ0n) is 15.0. The molecule has 1 aliphatic heterocycles. The lowest BCUT2D eigenvalue weighted by Crippen LogP contribution is -2.37. The number of aryl methyl sites for hydroxylation is 1. The second kappa shape index (κ2) is 8.02. The van der Waals surface area contributed by atoms with E-state index in [1.54, 1.807) is 6.21 Å². The molecule has 1 saturated heterocycles. The van der Waals surface area contributed by atoms with Crippen LogP contribution in [0, 0.1) is 6.92 Å². The first-order valence-electron chi connectivity index (χ1n) is 8.85. The van der Waals surface area contributed by atoms with Crippen molar-refractivity contribution in [3.8, 4) is 0 Å². The quantitative estimate of drug-likeness (QED) is 0.505. The summed E-state index contributed by atoms with van der Waals surface area (Å²) in [7, 11) is 0. The van der Waals surface area contributed by atoms with E-state index >= 15 is 0 Å². The van der Waals surface area contributed by atoms with Crippen molar-refractivity contribution < 1.29 is 4.74 Å². The van der Waals surface area contributed by atoms with Crippen LogP contribution in [0.4, 0.5) is 11.8 Å². The fraction of sp³-hybridized carbons (Fsp3) is 0.250. The summed E-state index contributed by atoms with van der Waals surface area (Å²) >= 11 is 3.60. The highest BCUT2D eigenvalue weighted by atomic mass is 79.9. The molecule has 7 heteroatoms. The lowest BCUT2D eigenvalue weighted by molar-refractivity contribution is 0.122. The third kappa shape index (κ3) is 4.09. The maximum Gasteiger partial charge on any atom is 0.228 e. The highest BCUT2D eigenvalue weighted by Crippen LogP contribution is 2.29. The van der Waals surface area contributed by atoms with Gasteiger partial charge in [0.2, 0.25) is 5.95 Å². The number of aromatic nitrogens is 2. The number of hydrogen-bond donors (Lipinski definition) is 1. The third-order valence-corrected chi connectivity index (χ3v) is 5.03. The van der Waals surface area contributed by atoms with Gasteiger partial charge in [0, 0.05) is 22.9 Å². The van der Waals surface area contributed by atoms with Gasteiger partial charge in [0.1, 0.15) is 0 Å². The van der Waals surface area contributed by atoms with Crippen molar-refractivity contribution in [1.82, 2.24) is 9.97 Å². The monoisotopic (exact) mass is 425 g/mol. The molecule has 1 aliphatic rings. The maximum atomic E-state index is 5.44. The number of benzene rings is 2.